The van der Waals surface area contributed by atoms with Crippen molar-refractivity contribution in [1.29, 1.82) is 0 Å². The standard InChI is InChI=1S/C12H17NO5S/c13-6-1-3-7(4-2-6)19-12-11(17)10(16)9(15)8(5-14)18-12/h1-4,8-12,14-17H,5,13H2/t8-,9-,10+,11+,12+/m1/s1. The summed E-state index contributed by atoms with van der Waals surface area (Å²) in [4.78, 5) is 0.804. The van der Waals surface area contributed by atoms with E-state index in [2.05, 4.69) is 0 Å². The zero-order valence-corrected chi connectivity index (χ0v) is 10.9. The number of nitrogens with two attached hydrogens (primary N) is 1. The number of hydrogen-bond acceptors (Lipinski definition) is 7. The van der Waals surface area contributed by atoms with Gasteiger partial charge >= 0.3 is 0 Å². The Hall–Kier alpha value is -0.830. The summed E-state index contributed by atoms with van der Waals surface area (Å²) in [6, 6.07) is 6.96. The second kappa shape index (κ2) is 6.08. The molecular formula is C12H17NO5S. The largest absolute Gasteiger partial charge is 0.399 e. The number of nitrogen functional groups attached to an aromatic ring is 1. The molecule has 1 saturated heterocycles. The number of hydrogen-bond donors (Lipinski definition) is 5. The third kappa shape index (κ3) is 3.19. The molecule has 2 rings (SSSR count). The lowest BCUT2D eigenvalue weighted by molar-refractivity contribution is -0.205. The molecule has 0 aliphatic carbocycles. The van der Waals surface area contributed by atoms with Gasteiger partial charge < -0.3 is 30.9 Å². The molecule has 6 N–H and O–H groups in total. The van der Waals surface area contributed by atoms with Gasteiger partial charge in [0.25, 0.3) is 0 Å². The molecule has 19 heavy (non-hydrogen) atoms. The number of ether oxygens (including phenoxy) is 1. The first-order valence-corrected chi connectivity index (χ1v) is 6.73. The van der Waals surface area contributed by atoms with Gasteiger partial charge in [-0.1, -0.05) is 11.8 Å². The summed E-state index contributed by atoms with van der Waals surface area (Å²) in [5.74, 6) is 0. The van der Waals surface area contributed by atoms with Gasteiger partial charge in [-0.05, 0) is 24.3 Å². The number of aliphatic hydroxyl groups is 4. The van der Waals surface area contributed by atoms with Crippen LogP contribution >= 0.6 is 11.8 Å². The molecule has 0 unspecified atom stereocenters. The highest BCUT2D eigenvalue weighted by Crippen LogP contribution is 2.33. The van der Waals surface area contributed by atoms with E-state index in [-0.39, 0.29) is 0 Å². The van der Waals surface area contributed by atoms with Gasteiger partial charge in [-0.3, -0.25) is 0 Å². The third-order valence-corrected chi connectivity index (χ3v) is 4.15. The van der Waals surface area contributed by atoms with Crippen molar-refractivity contribution in [2.45, 2.75) is 34.7 Å². The fourth-order valence-electron chi connectivity index (χ4n) is 1.85. The van der Waals surface area contributed by atoms with Crippen molar-refractivity contribution in [2.24, 2.45) is 0 Å². The molecule has 7 heteroatoms. The summed E-state index contributed by atoms with van der Waals surface area (Å²) in [6.45, 7) is -0.427. The van der Waals surface area contributed by atoms with E-state index in [9.17, 15) is 15.3 Å². The molecule has 1 aromatic carbocycles. The zero-order valence-electron chi connectivity index (χ0n) is 10.1. The minimum atomic E-state index is -1.35. The number of anilines is 1. The molecule has 1 heterocycles. The fraction of sp³-hybridized carbons (Fsp3) is 0.500. The highest BCUT2D eigenvalue weighted by molar-refractivity contribution is 7.99. The third-order valence-electron chi connectivity index (χ3n) is 2.98. The minimum Gasteiger partial charge on any atom is -0.399 e. The maximum atomic E-state index is 9.87. The number of aliphatic hydroxyl groups excluding tert-OH is 4. The van der Waals surface area contributed by atoms with Crippen LogP contribution in [0.3, 0.4) is 0 Å². The minimum absolute atomic E-state index is 0.427. The van der Waals surface area contributed by atoms with Crippen LogP contribution in [0.5, 0.6) is 0 Å². The molecule has 0 amide bonds. The molecular weight excluding hydrogens is 270 g/mol. The van der Waals surface area contributed by atoms with Crippen molar-refractivity contribution in [3.05, 3.63) is 24.3 Å². The van der Waals surface area contributed by atoms with Gasteiger partial charge in [-0.25, -0.2) is 0 Å². The summed E-state index contributed by atoms with van der Waals surface area (Å²) >= 11 is 1.20. The molecule has 0 aromatic heterocycles. The van der Waals surface area contributed by atoms with Crippen molar-refractivity contribution < 1.29 is 25.2 Å². The highest BCUT2D eigenvalue weighted by Gasteiger charge is 2.43. The van der Waals surface area contributed by atoms with Crippen LogP contribution in [0.1, 0.15) is 0 Å². The smallest absolute Gasteiger partial charge is 0.136 e. The quantitative estimate of drug-likeness (QED) is 0.460. The first-order valence-electron chi connectivity index (χ1n) is 5.85. The van der Waals surface area contributed by atoms with Gasteiger partial charge in [0.15, 0.2) is 0 Å². The zero-order chi connectivity index (χ0) is 14.0. The van der Waals surface area contributed by atoms with Gasteiger partial charge in [0.1, 0.15) is 29.9 Å². The lowest BCUT2D eigenvalue weighted by atomic mass is 10.0. The summed E-state index contributed by atoms with van der Waals surface area (Å²) in [5, 5.41) is 38.3. The molecule has 1 fully saturated rings. The topological polar surface area (TPSA) is 116 Å². The summed E-state index contributed by atoms with van der Waals surface area (Å²) in [6.07, 6.45) is -4.80. The highest BCUT2D eigenvalue weighted by atomic mass is 32.2. The Labute approximate surface area is 114 Å². The van der Waals surface area contributed by atoms with E-state index in [1.807, 2.05) is 0 Å². The van der Waals surface area contributed by atoms with E-state index >= 15 is 0 Å². The fourth-order valence-corrected chi connectivity index (χ4v) is 2.91. The van der Waals surface area contributed by atoms with Crippen LogP contribution < -0.4 is 5.73 Å². The van der Waals surface area contributed by atoms with Crippen LogP contribution in [0.25, 0.3) is 0 Å². The van der Waals surface area contributed by atoms with Gasteiger partial charge in [0.05, 0.1) is 6.61 Å². The Morgan fingerprint density at radius 1 is 1.05 bits per heavy atom. The maximum Gasteiger partial charge on any atom is 0.136 e. The second-order valence-corrected chi connectivity index (χ2v) is 5.56. The Morgan fingerprint density at radius 2 is 1.68 bits per heavy atom. The van der Waals surface area contributed by atoms with E-state index in [0.29, 0.717) is 5.69 Å². The summed E-state index contributed by atoms with van der Waals surface area (Å²) in [7, 11) is 0. The van der Waals surface area contributed by atoms with E-state index in [1.165, 1.54) is 11.8 Å². The number of rotatable bonds is 3. The Morgan fingerprint density at radius 3 is 2.26 bits per heavy atom. The summed E-state index contributed by atoms with van der Waals surface area (Å²) in [5.41, 5.74) is 5.43. The van der Waals surface area contributed by atoms with E-state index in [1.54, 1.807) is 24.3 Å². The molecule has 106 valence electrons. The van der Waals surface area contributed by atoms with Crippen LogP contribution in [0, 0.1) is 0 Å². The number of benzene rings is 1. The molecule has 0 bridgehead atoms. The molecule has 1 aromatic rings. The Bertz CT molecular complexity index is 413. The van der Waals surface area contributed by atoms with Crippen molar-refractivity contribution in [3.63, 3.8) is 0 Å². The van der Waals surface area contributed by atoms with Crippen LogP contribution in [-0.4, -0.2) is 56.9 Å². The Kier molecular flexibility index (Phi) is 4.67. The first-order chi connectivity index (χ1) is 9.02. The van der Waals surface area contributed by atoms with E-state index in [0.717, 1.165) is 4.90 Å². The lowest BCUT2D eigenvalue weighted by Gasteiger charge is -2.39. The first kappa shape index (κ1) is 14.6. The predicted molar refractivity (Wildman–Crippen MR) is 70.5 cm³/mol. The summed E-state index contributed by atoms with van der Waals surface area (Å²) < 4.78 is 5.39. The molecule has 0 spiro atoms. The van der Waals surface area contributed by atoms with Gasteiger partial charge in [0, 0.05) is 10.6 Å². The molecule has 5 atom stereocenters. The molecule has 6 nitrogen and oxygen atoms in total. The lowest BCUT2D eigenvalue weighted by Crippen LogP contribution is -2.57. The predicted octanol–water partition coefficient (Wildman–Crippen LogP) is -0.839. The number of thioether (sulfide) groups is 1. The van der Waals surface area contributed by atoms with Crippen LogP contribution in [0.15, 0.2) is 29.2 Å². The average Bonchev–Trinajstić information content (AvgIpc) is 2.42. The maximum absolute atomic E-state index is 9.87. The average molecular weight is 287 g/mol. The van der Waals surface area contributed by atoms with Gasteiger partial charge in [0.2, 0.25) is 0 Å². The molecule has 1 aliphatic heterocycles. The van der Waals surface area contributed by atoms with E-state index < -0.39 is 36.5 Å². The van der Waals surface area contributed by atoms with E-state index in [4.69, 9.17) is 15.6 Å². The Balaban J connectivity index is 2.08. The van der Waals surface area contributed by atoms with Gasteiger partial charge in [-0.15, -0.1) is 0 Å². The van der Waals surface area contributed by atoms with Crippen LogP contribution in [0.4, 0.5) is 5.69 Å². The van der Waals surface area contributed by atoms with Crippen molar-refractivity contribution in [1.82, 2.24) is 0 Å². The SMILES string of the molecule is Nc1ccc(S[C@@H]2O[C@H](CO)[C@@H](O)[C@H](O)[C@@H]2O)cc1. The van der Waals surface area contributed by atoms with Crippen LogP contribution in [-0.2, 0) is 4.74 Å². The molecule has 1 aliphatic rings. The van der Waals surface area contributed by atoms with Crippen molar-refractivity contribution in [2.75, 3.05) is 12.3 Å². The second-order valence-electron chi connectivity index (χ2n) is 4.38. The van der Waals surface area contributed by atoms with Crippen molar-refractivity contribution >= 4 is 17.4 Å². The van der Waals surface area contributed by atoms with Crippen LogP contribution in [0.2, 0.25) is 0 Å². The monoisotopic (exact) mass is 287 g/mol. The molecule has 0 saturated carbocycles. The normalized spacial score (nSPS) is 35.3. The van der Waals surface area contributed by atoms with Gasteiger partial charge in [-0.2, -0.15) is 0 Å². The van der Waals surface area contributed by atoms with Crippen molar-refractivity contribution in [3.8, 4) is 0 Å². The molecule has 0 radical (unpaired) electrons.